The van der Waals surface area contributed by atoms with Crippen molar-refractivity contribution in [3.63, 3.8) is 0 Å². The maximum absolute atomic E-state index is 11.7. The normalized spacial score (nSPS) is 10.5. The molecule has 0 amide bonds. The number of nitrogens with zero attached hydrogens (tertiary/aromatic N) is 2. The molecule has 1 aromatic heterocycles. The Morgan fingerprint density at radius 2 is 2.21 bits per heavy atom. The lowest BCUT2D eigenvalue weighted by atomic mass is 10.1. The minimum Gasteiger partial charge on any atom is -0.465 e. The monoisotopic (exact) mass is 277 g/mol. The van der Waals surface area contributed by atoms with E-state index in [1.165, 1.54) is 18.9 Å². The first kappa shape index (κ1) is 13.5. The largest absolute Gasteiger partial charge is 0.465 e. The first-order valence-electron chi connectivity index (χ1n) is 5.66. The number of esters is 1. The molecule has 1 aromatic carbocycles. The zero-order chi connectivity index (χ0) is 14.0. The number of aromatic nitrogens is 2. The molecular weight excluding hydrogens is 262 g/mol. The summed E-state index contributed by atoms with van der Waals surface area (Å²) in [5, 5.41) is 0.847. The van der Waals surface area contributed by atoms with Crippen LogP contribution in [0.4, 0.5) is 5.69 Å². The summed E-state index contributed by atoms with van der Waals surface area (Å²) in [4.78, 5) is 16.8. The number of methoxy groups -OCH3 is 1. The van der Waals surface area contributed by atoms with Crippen LogP contribution in [0.2, 0.25) is 0 Å². The second kappa shape index (κ2) is 5.36. The lowest BCUT2D eigenvalue weighted by molar-refractivity contribution is 0.0601. The summed E-state index contributed by atoms with van der Waals surface area (Å²) >= 11 is 1.47. The van der Waals surface area contributed by atoms with Crippen LogP contribution < -0.4 is 5.73 Å². The van der Waals surface area contributed by atoms with Gasteiger partial charge in [-0.2, -0.15) is 0 Å². The summed E-state index contributed by atoms with van der Waals surface area (Å²) in [6.07, 6.45) is 3.60. The molecule has 0 radical (unpaired) electrons. The molecule has 0 saturated carbocycles. The Hall–Kier alpha value is -1.95. The highest BCUT2D eigenvalue weighted by Crippen LogP contribution is 2.30. The summed E-state index contributed by atoms with van der Waals surface area (Å²) in [5.74, 6) is -0.428. The predicted octanol–water partition coefficient (Wildman–Crippen LogP) is 2.25. The number of carbonyl (C=O) groups is 1. The molecule has 6 heteroatoms. The summed E-state index contributed by atoms with van der Waals surface area (Å²) in [6, 6.07) is 3.66. The minimum absolute atomic E-state index is 0.388. The maximum Gasteiger partial charge on any atom is 0.340 e. The molecule has 0 spiro atoms. The van der Waals surface area contributed by atoms with Crippen molar-refractivity contribution in [3.05, 3.63) is 35.7 Å². The predicted molar refractivity (Wildman–Crippen MR) is 74.3 cm³/mol. The van der Waals surface area contributed by atoms with Gasteiger partial charge in [-0.05, 0) is 24.6 Å². The zero-order valence-electron chi connectivity index (χ0n) is 11.0. The molecule has 0 atom stereocenters. The molecule has 2 aromatic rings. The van der Waals surface area contributed by atoms with Gasteiger partial charge in [0.05, 0.1) is 12.7 Å². The average Bonchev–Trinajstić information content (AvgIpc) is 2.78. The Balaban J connectivity index is 2.40. The number of anilines is 1. The fourth-order valence-corrected chi connectivity index (χ4v) is 2.60. The molecule has 19 heavy (non-hydrogen) atoms. The Morgan fingerprint density at radius 1 is 1.47 bits per heavy atom. The second-order valence-corrected chi connectivity index (χ2v) is 5.16. The minimum atomic E-state index is -0.428. The van der Waals surface area contributed by atoms with Gasteiger partial charge in [-0.25, -0.2) is 9.78 Å². The van der Waals surface area contributed by atoms with Gasteiger partial charge in [0, 0.05) is 30.0 Å². The zero-order valence-corrected chi connectivity index (χ0v) is 11.8. The number of nitrogens with two attached hydrogens (primary N) is 1. The third-order valence-corrected chi connectivity index (χ3v) is 3.80. The standard InChI is InChI=1S/C13H15N3O2S/c1-8-6-9(19-13-15-4-5-16(13)2)7-10(11(8)14)12(17)18-3/h4-7H,14H2,1-3H3. The lowest BCUT2D eigenvalue weighted by Crippen LogP contribution is -2.07. The summed E-state index contributed by atoms with van der Waals surface area (Å²) in [5.41, 5.74) is 7.59. The Labute approximate surface area is 115 Å². The van der Waals surface area contributed by atoms with E-state index in [9.17, 15) is 4.79 Å². The van der Waals surface area contributed by atoms with Gasteiger partial charge in [0.25, 0.3) is 0 Å². The van der Waals surface area contributed by atoms with Gasteiger partial charge >= 0.3 is 5.97 Å². The van der Waals surface area contributed by atoms with E-state index in [2.05, 4.69) is 4.98 Å². The van der Waals surface area contributed by atoms with Crippen LogP contribution in [0.25, 0.3) is 0 Å². The second-order valence-electron chi connectivity index (χ2n) is 4.12. The number of benzene rings is 1. The molecule has 0 fully saturated rings. The van der Waals surface area contributed by atoms with Gasteiger partial charge in [-0.15, -0.1) is 0 Å². The van der Waals surface area contributed by atoms with Gasteiger partial charge in [0.1, 0.15) is 0 Å². The third-order valence-electron chi connectivity index (χ3n) is 2.75. The van der Waals surface area contributed by atoms with E-state index in [0.29, 0.717) is 11.3 Å². The summed E-state index contributed by atoms with van der Waals surface area (Å²) in [7, 11) is 3.26. The van der Waals surface area contributed by atoms with Crippen LogP contribution in [-0.2, 0) is 11.8 Å². The number of hydrogen-bond donors (Lipinski definition) is 1. The van der Waals surface area contributed by atoms with Crippen molar-refractivity contribution in [2.24, 2.45) is 7.05 Å². The smallest absolute Gasteiger partial charge is 0.340 e. The van der Waals surface area contributed by atoms with Gasteiger partial charge in [-0.1, -0.05) is 11.8 Å². The third kappa shape index (κ3) is 2.73. The van der Waals surface area contributed by atoms with Crippen LogP contribution in [0.1, 0.15) is 15.9 Å². The van der Waals surface area contributed by atoms with E-state index in [1.807, 2.05) is 30.8 Å². The Morgan fingerprint density at radius 3 is 2.79 bits per heavy atom. The van der Waals surface area contributed by atoms with Crippen molar-refractivity contribution in [2.45, 2.75) is 17.0 Å². The highest BCUT2D eigenvalue weighted by atomic mass is 32.2. The number of aryl methyl sites for hydroxylation is 2. The number of imidazole rings is 1. The number of rotatable bonds is 3. The van der Waals surface area contributed by atoms with Gasteiger partial charge in [0.2, 0.25) is 0 Å². The van der Waals surface area contributed by atoms with Crippen LogP contribution in [0, 0.1) is 6.92 Å². The van der Waals surface area contributed by atoms with E-state index in [0.717, 1.165) is 15.6 Å². The van der Waals surface area contributed by atoms with Crippen LogP contribution >= 0.6 is 11.8 Å². The molecule has 0 aliphatic rings. The molecule has 0 aliphatic heterocycles. The SMILES string of the molecule is COC(=O)c1cc(Sc2nccn2C)cc(C)c1N. The fraction of sp³-hybridized carbons (Fsp3) is 0.231. The molecule has 0 saturated heterocycles. The van der Waals surface area contributed by atoms with E-state index in [-0.39, 0.29) is 0 Å². The number of nitrogen functional groups attached to an aromatic ring is 1. The fourth-order valence-electron chi connectivity index (χ4n) is 1.66. The van der Waals surface area contributed by atoms with Crippen molar-refractivity contribution in [3.8, 4) is 0 Å². The molecule has 2 N–H and O–H groups in total. The highest BCUT2D eigenvalue weighted by Gasteiger charge is 2.14. The maximum atomic E-state index is 11.7. The lowest BCUT2D eigenvalue weighted by Gasteiger charge is -2.10. The van der Waals surface area contributed by atoms with Crippen LogP contribution in [0.5, 0.6) is 0 Å². The number of ether oxygens (including phenoxy) is 1. The van der Waals surface area contributed by atoms with Crippen LogP contribution in [-0.4, -0.2) is 22.6 Å². The first-order valence-corrected chi connectivity index (χ1v) is 6.48. The van der Waals surface area contributed by atoms with Crippen LogP contribution in [0.15, 0.2) is 34.6 Å². The van der Waals surface area contributed by atoms with Gasteiger partial charge in [0.15, 0.2) is 5.16 Å². The van der Waals surface area contributed by atoms with E-state index in [4.69, 9.17) is 10.5 Å². The van der Waals surface area contributed by atoms with Crippen molar-refractivity contribution in [1.82, 2.24) is 9.55 Å². The van der Waals surface area contributed by atoms with E-state index >= 15 is 0 Å². The molecule has 0 unspecified atom stereocenters. The van der Waals surface area contributed by atoms with E-state index < -0.39 is 5.97 Å². The van der Waals surface area contributed by atoms with Crippen molar-refractivity contribution in [2.75, 3.05) is 12.8 Å². The summed E-state index contributed by atoms with van der Waals surface area (Å²) < 4.78 is 6.65. The summed E-state index contributed by atoms with van der Waals surface area (Å²) in [6.45, 7) is 1.87. The molecule has 100 valence electrons. The Bertz CT molecular complexity index is 622. The molecular formula is C13H15N3O2S. The molecule has 5 nitrogen and oxygen atoms in total. The average molecular weight is 277 g/mol. The molecule has 1 heterocycles. The first-order chi connectivity index (χ1) is 9.02. The van der Waals surface area contributed by atoms with Crippen molar-refractivity contribution < 1.29 is 9.53 Å². The number of carbonyl (C=O) groups excluding carboxylic acids is 1. The quantitative estimate of drug-likeness (QED) is 0.688. The van der Waals surface area contributed by atoms with E-state index in [1.54, 1.807) is 12.3 Å². The molecule has 2 rings (SSSR count). The highest BCUT2D eigenvalue weighted by molar-refractivity contribution is 7.99. The topological polar surface area (TPSA) is 70.1 Å². The molecule has 0 bridgehead atoms. The van der Waals surface area contributed by atoms with Crippen molar-refractivity contribution in [1.29, 1.82) is 0 Å². The van der Waals surface area contributed by atoms with Gasteiger partial charge < -0.3 is 15.0 Å². The number of hydrogen-bond acceptors (Lipinski definition) is 5. The van der Waals surface area contributed by atoms with Crippen LogP contribution in [0.3, 0.4) is 0 Å². The molecule has 0 aliphatic carbocycles. The Kier molecular flexibility index (Phi) is 3.80. The van der Waals surface area contributed by atoms with Gasteiger partial charge in [-0.3, -0.25) is 0 Å². The van der Waals surface area contributed by atoms with Crippen molar-refractivity contribution >= 4 is 23.4 Å².